The third-order valence-electron chi connectivity index (χ3n) is 5.28. The predicted molar refractivity (Wildman–Crippen MR) is 116 cm³/mol. The van der Waals surface area contributed by atoms with E-state index in [1.807, 2.05) is 18.5 Å². The lowest BCUT2D eigenvalue weighted by Gasteiger charge is -2.29. The maximum absolute atomic E-state index is 5.46. The van der Waals surface area contributed by atoms with Crippen molar-refractivity contribution in [2.45, 2.75) is 6.54 Å². The second-order valence-electron chi connectivity index (χ2n) is 7.16. The number of anilines is 2. The summed E-state index contributed by atoms with van der Waals surface area (Å²) >= 11 is 0. The van der Waals surface area contributed by atoms with E-state index >= 15 is 0 Å². The van der Waals surface area contributed by atoms with Crippen LogP contribution in [0.3, 0.4) is 0 Å². The summed E-state index contributed by atoms with van der Waals surface area (Å²) in [6, 6.07) is 17.0. The van der Waals surface area contributed by atoms with Gasteiger partial charge in [0.25, 0.3) is 0 Å². The van der Waals surface area contributed by atoms with E-state index in [1.165, 1.54) is 16.8 Å². The van der Waals surface area contributed by atoms with Crippen LogP contribution in [0.2, 0.25) is 0 Å². The van der Waals surface area contributed by atoms with Crippen LogP contribution in [0, 0.1) is 0 Å². The van der Waals surface area contributed by atoms with Crippen LogP contribution >= 0.6 is 0 Å². The molecule has 0 spiro atoms. The van der Waals surface area contributed by atoms with Crippen molar-refractivity contribution < 1.29 is 4.74 Å². The van der Waals surface area contributed by atoms with Gasteiger partial charge in [0, 0.05) is 49.3 Å². The summed E-state index contributed by atoms with van der Waals surface area (Å²) in [6.07, 6.45) is 5.59. The zero-order chi connectivity index (χ0) is 19.5. The SMILES string of the molecule is c1cncc(CNc2cc(-c3ccc(N4CCOCC4)cc3)c3cc[nH]c3n2)c1. The first-order chi connectivity index (χ1) is 14.4. The summed E-state index contributed by atoms with van der Waals surface area (Å²) in [5, 5.41) is 4.54. The lowest BCUT2D eigenvalue weighted by Crippen LogP contribution is -2.36. The van der Waals surface area contributed by atoms with Gasteiger partial charge in [0.05, 0.1) is 13.2 Å². The number of nitrogens with zero attached hydrogens (tertiary/aromatic N) is 3. The summed E-state index contributed by atoms with van der Waals surface area (Å²) in [7, 11) is 0. The highest BCUT2D eigenvalue weighted by molar-refractivity contribution is 5.94. The van der Waals surface area contributed by atoms with Gasteiger partial charge < -0.3 is 19.9 Å². The Morgan fingerprint density at radius 3 is 2.72 bits per heavy atom. The Balaban J connectivity index is 1.43. The molecule has 1 fully saturated rings. The fraction of sp³-hybridized carbons (Fsp3) is 0.217. The number of hydrogen-bond acceptors (Lipinski definition) is 5. The van der Waals surface area contributed by atoms with Crippen molar-refractivity contribution in [3.63, 3.8) is 0 Å². The first-order valence-corrected chi connectivity index (χ1v) is 9.91. The number of aromatic nitrogens is 3. The first kappa shape index (κ1) is 17.7. The Bertz CT molecular complexity index is 1090. The van der Waals surface area contributed by atoms with Crippen molar-refractivity contribution in [1.29, 1.82) is 0 Å². The summed E-state index contributed by atoms with van der Waals surface area (Å²) in [4.78, 5) is 14.5. The van der Waals surface area contributed by atoms with E-state index in [0.29, 0.717) is 6.54 Å². The second-order valence-corrected chi connectivity index (χ2v) is 7.16. The van der Waals surface area contributed by atoms with Gasteiger partial charge in [-0.2, -0.15) is 0 Å². The van der Waals surface area contributed by atoms with Crippen molar-refractivity contribution in [3.8, 4) is 11.1 Å². The van der Waals surface area contributed by atoms with E-state index in [0.717, 1.165) is 48.7 Å². The van der Waals surface area contributed by atoms with E-state index in [9.17, 15) is 0 Å². The van der Waals surface area contributed by atoms with Crippen molar-refractivity contribution in [1.82, 2.24) is 15.0 Å². The Labute approximate surface area is 169 Å². The van der Waals surface area contributed by atoms with Crippen LogP contribution in [0.1, 0.15) is 5.56 Å². The summed E-state index contributed by atoms with van der Waals surface area (Å²) in [6.45, 7) is 4.16. The van der Waals surface area contributed by atoms with E-state index in [-0.39, 0.29) is 0 Å². The molecule has 1 aromatic carbocycles. The van der Waals surface area contributed by atoms with E-state index in [4.69, 9.17) is 9.72 Å². The minimum atomic E-state index is 0.683. The highest BCUT2D eigenvalue weighted by Gasteiger charge is 2.13. The largest absolute Gasteiger partial charge is 0.378 e. The van der Waals surface area contributed by atoms with Crippen molar-refractivity contribution in [2.24, 2.45) is 0 Å². The molecule has 0 amide bonds. The number of hydrogen-bond donors (Lipinski definition) is 2. The molecule has 6 nitrogen and oxygen atoms in total. The molecule has 1 saturated heterocycles. The van der Waals surface area contributed by atoms with Crippen LogP contribution in [-0.4, -0.2) is 41.3 Å². The molecule has 4 heterocycles. The molecule has 0 atom stereocenters. The number of fused-ring (bicyclic) bond motifs is 1. The van der Waals surface area contributed by atoms with Crippen LogP contribution in [0.4, 0.5) is 11.5 Å². The quantitative estimate of drug-likeness (QED) is 0.542. The molecular formula is C23H23N5O. The Kier molecular flexibility index (Phi) is 4.84. The standard InChI is InChI=1S/C23H23N5O/c1-2-17(15-24-8-1)16-26-22-14-21(20-7-9-25-23(20)27-22)18-3-5-19(6-4-18)28-10-12-29-13-11-28/h1-9,14-15H,10-13,16H2,(H2,25,26,27). The third-order valence-corrected chi connectivity index (χ3v) is 5.28. The van der Waals surface area contributed by atoms with E-state index in [2.05, 4.69) is 62.6 Å². The number of nitrogens with one attached hydrogen (secondary N) is 2. The van der Waals surface area contributed by atoms with Gasteiger partial charge in [-0.3, -0.25) is 4.98 Å². The van der Waals surface area contributed by atoms with Gasteiger partial charge >= 0.3 is 0 Å². The molecule has 146 valence electrons. The molecule has 4 aromatic rings. The number of ether oxygens (including phenoxy) is 1. The average Bonchev–Trinajstić information content (AvgIpc) is 3.27. The number of aromatic amines is 1. The van der Waals surface area contributed by atoms with Crippen LogP contribution < -0.4 is 10.2 Å². The first-order valence-electron chi connectivity index (χ1n) is 9.91. The molecule has 1 aliphatic rings. The minimum Gasteiger partial charge on any atom is -0.378 e. The van der Waals surface area contributed by atoms with Gasteiger partial charge in [-0.05, 0) is 47.0 Å². The Hall–Kier alpha value is -3.38. The predicted octanol–water partition coefficient (Wildman–Crippen LogP) is 4.07. The molecule has 1 aliphatic heterocycles. The topological polar surface area (TPSA) is 66.1 Å². The lowest BCUT2D eigenvalue weighted by molar-refractivity contribution is 0.122. The van der Waals surface area contributed by atoms with E-state index in [1.54, 1.807) is 6.20 Å². The van der Waals surface area contributed by atoms with Gasteiger partial charge in [-0.1, -0.05) is 18.2 Å². The summed E-state index contributed by atoms with van der Waals surface area (Å²) in [5.74, 6) is 0.844. The monoisotopic (exact) mass is 385 g/mol. The van der Waals surface area contributed by atoms with Gasteiger partial charge in [0.15, 0.2) is 0 Å². The summed E-state index contributed by atoms with van der Waals surface area (Å²) < 4.78 is 5.46. The fourth-order valence-electron chi connectivity index (χ4n) is 3.74. The maximum atomic E-state index is 5.46. The van der Waals surface area contributed by atoms with Crippen LogP contribution in [-0.2, 0) is 11.3 Å². The Morgan fingerprint density at radius 2 is 1.93 bits per heavy atom. The zero-order valence-electron chi connectivity index (χ0n) is 16.1. The molecule has 0 radical (unpaired) electrons. The molecule has 5 rings (SSSR count). The van der Waals surface area contributed by atoms with Crippen LogP contribution in [0.5, 0.6) is 0 Å². The number of morpholine rings is 1. The van der Waals surface area contributed by atoms with Gasteiger partial charge in [-0.25, -0.2) is 4.98 Å². The molecule has 3 aromatic heterocycles. The maximum Gasteiger partial charge on any atom is 0.140 e. The average molecular weight is 385 g/mol. The molecular weight excluding hydrogens is 362 g/mol. The third kappa shape index (κ3) is 3.79. The molecule has 0 aliphatic carbocycles. The van der Waals surface area contributed by atoms with Gasteiger partial charge in [0.2, 0.25) is 0 Å². The normalized spacial score (nSPS) is 14.3. The molecule has 0 saturated carbocycles. The number of rotatable bonds is 5. The van der Waals surface area contributed by atoms with Crippen molar-refractivity contribution in [3.05, 3.63) is 72.7 Å². The van der Waals surface area contributed by atoms with Crippen molar-refractivity contribution >= 4 is 22.5 Å². The van der Waals surface area contributed by atoms with Crippen molar-refractivity contribution in [2.75, 3.05) is 36.5 Å². The molecule has 29 heavy (non-hydrogen) atoms. The highest BCUT2D eigenvalue weighted by Crippen LogP contribution is 2.31. The molecule has 0 unspecified atom stereocenters. The smallest absolute Gasteiger partial charge is 0.140 e. The van der Waals surface area contributed by atoms with Crippen LogP contribution in [0.25, 0.3) is 22.2 Å². The molecule has 6 heteroatoms. The second kappa shape index (κ2) is 7.93. The lowest BCUT2D eigenvalue weighted by atomic mass is 10.0. The molecule has 2 N–H and O–H groups in total. The number of H-pyrrole nitrogens is 1. The fourth-order valence-corrected chi connectivity index (χ4v) is 3.74. The van der Waals surface area contributed by atoms with Crippen LogP contribution in [0.15, 0.2) is 67.1 Å². The van der Waals surface area contributed by atoms with Gasteiger partial charge in [0.1, 0.15) is 11.5 Å². The van der Waals surface area contributed by atoms with Gasteiger partial charge in [-0.15, -0.1) is 0 Å². The zero-order valence-corrected chi connectivity index (χ0v) is 16.1. The Morgan fingerprint density at radius 1 is 1.07 bits per heavy atom. The number of benzene rings is 1. The number of pyridine rings is 2. The minimum absolute atomic E-state index is 0.683. The highest BCUT2D eigenvalue weighted by atomic mass is 16.5. The summed E-state index contributed by atoms with van der Waals surface area (Å²) in [5.41, 5.74) is 5.59. The van der Waals surface area contributed by atoms with E-state index < -0.39 is 0 Å². The molecule has 0 bridgehead atoms.